The fourth-order valence-electron chi connectivity index (χ4n) is 7.07. The number of likely N-dealkylation sites (N-methyl/N-ethyl adjacent to an activating group) is 1. The number of pyridine rings is 2. The average Bonchev–Trinajstić information content (AvgIpc) is 3.54. The number of rotatable bonds is 4. The number of amides is 1. The Kier molecular flexibility index (Phi) is 7.85. The van der Waals surface area contributed by atoms with Crippen LogP contribution < -0.4 is 19.3 Å². The van der Waals surface area contributed by atoms with Crippen molar-refractivity contribution in [2.24, 2.45) is 0 Å². The topological polar surface area (TPSA) is 92.7 Å². The van der Waals surface area contributed by atoms with Crippen LogP contribution >= 0.6 is 0 Å². The lowest BCUT2D eigenvalue weighted by Crippen LogP contribution is -2.64. The zero-order chi connectivity index (χ0) is 34.1. The van der Waals surface area contributed by atoms with Crippen LogP contribution in [-0.2, 0) is 9.47 Å². The van der Waals surface area contributed by atoms with Crippen molar-refractivity contribution in [3.63, 3.8) is 0 Å². The molecule has 3 aromatic rings. The molecule has 0 aliphatic carbocycles. The highest BCUT2D eigenvalue weighted by atomic mass is 19.1. The molecule has 2 aromatic heterocycles. The first-order valence-electron chi connectivity index (χ1n) is 16.1. The van der Waals surface area contributed by atoms with Crippen molar-refractivity contribution in [1.29, 1.82) is 0 Å². The van der Waals surface area contributed by atoms with Crippen LogP contribution in [0.1, 0.15) is 34.1 Å². The number of nitrogens with zero attached hydrogens (tertiary/aromatic N) is 6. The summed E-state index contributed by atoms with van der Waals surface area (Å²) in [5, 5.41) is 0.447. The Morgan fingerprint density at radius 2 is 1.90 bits per heavy atom. The van der Waals surface area contributed by atoms with E-state index in [2.05, 4.69) is 14.8 Å². The van der Waals surface area contributed by atoms with Gasteiger partial charge < -0.3 is 38.5 Å². The summed E-state index contributed by atoms with van der Waals surface area (Å²) in [6.07, 6.45) is 3.51. The number of benzene rings is 1. The number of hydrogen-bond donors (Lipinski definition) is 0. The van der Waals surface area contributed by atoms with Gasteiger partial charge in [0.1, 0.15) is 40.4 Å². The largest absolute Gasteiger partial charge is 0.496 e. The molecule has 11 nitrogen and oxygen atoms in total. The van der Waals surface area contributed by atoms with Gasteiger partial charge in [-0.3, -0.25) is 0 Å². The summed E-state index contributed by atoms with van der Waals surface area (Å²) in [5.41, 5.74) is 1.49. The molecule has 6 heterocycles. The lowest BCUT2D eigenvalue weighted by atomic mass is 9.94. The fourth-order valence-corrected chi connectivity index (χ4v) is 7.07. The normalized spacial score (nSPS) is 23.2. The average molecular weight is 663 g/mol. The van der Waals surface area contributed by atoms with Crippen LogP contribution in [0.3, 0.4) is 0 Å². The first-order valence-corrected chi connectivity index (χ1v) is 16.1. The maximum Gasteiger partial charge on any atom is 0.410 e. The Labute approximate surface area is 278 Å². The van der Waals surface area contributed by atoms with Crippen molar-refractivity contribution >= 4 is 28.5 Å². The second kappa shape index (κ2) is 11.8. The number of methoxy groups -OCH3 is 1. The molecule has 13 heteroatoms. The van der Waals surface area contributed by atoms with E-state index in [1.807, 2.05) is 52.8 Å². The van der Waals surface area contributed by atoms with Crippen molar-refractivity contribution in [2.45, 2.75) is 57.9 Å². The van der Waals surface area contributed by atoms with Crippen molar-refractivity contribution in [3.05, 3.63) is 59.7 Å². The Balaban J connectivity index is 1.46. The van der Waals surface area contributed by atoms with E-state index < -0.39 is 23.3 Å². The van der Waals surface area contributed by atoms with Crippen molar-refractivity contribution in [1.82, 2.24) is 19.8 Å². The van der Waals surface area contributed by atoms with Gasteiger partial charge in [0.15, 0.2) is 11.5 Å². The molecular formula is C35H40F2N6O5. The number of halogens is 2. The molecule has 1 saturated heterocycles. The van der Waals surface area contributed by atoms with E-state index in [0.717, 1.165) is 11.5 Å². The predicted octanol–water partition coefficient (Wildman–Crippen LogP) is 5.69. The molecule has 4 aliphatic rings. The third-order valence-electron chi connectivity index (χ3n) is 8.94. The standard InChI is InChI=1S/C35H40F2N6O5/c1-19-15-42-24(18-41(19)34(44)48-35(2,3)4)30(26-12-9-13-46-26)43-17-20(16-40(5)6)47-33-31(43)29(42)21-14-23(37)28(38-32(21)39-33)27-22(36)10-8-11-25(27)45-7/h8-11,13-14,19-20,24H,12,15-18H2,1-7H3/t19-,20-,24-/m1/s1. The van der Waals surface area contributed by atoms with Crippen LogP contribution in [0, 0.1) is 11.6 Å². The van der Waals surface area contributed by atoms with Gasteiger partial charge in [0.05, 0.1) is 49.5 Å². The number of piperazine rings is 1. The Morgan fingerprint density at radius 3 is 2.58 bits per heavy atom. The summed E-state index contributed by atoms with van der Waals surface area (Å²) < 4.78 is 55.3. The highest BCUT2D eigenvalue weighted by Crippen LogP contribution is 2.53. The van der Waals surface area contributed by atoms with E-state index in [9.17, 15) is 4.79 Å². The van der Waals surface area contributed by atoms with E-state index >= 15 is 8.78 Å². The van der Waals surface area contributed by atoms with Crippen LogP contribution in [0.2, 0.25) is 0 Å². The molecule has 254 valence electrons. The van der Waals surface area contributed by atoms with Gasteiger partial charge >= 0.3 is 6.09 Å². The number of hydrogen-bond acceptors (Lipinski definition) is 10. The van der Waals surface area contributed by atoms with Crippen LogP contribution in [0.15, 0.2) is 48.1 Å². The number of ether oxygens (including phenoxy) is 4. The third kappa shape index (κ3) is 5.43. The SMILES string of the molecule is COc1cccc(F)c1-c1nc2nc3c4c(c2cc1F)N1C[C@@H](C)N(C(=O)OC(C)(C)C)C[C@@H]1C(=C1CC=CO1)N4C[C@@H](CN(C)C)O3. The fraction of sp³-hybridized carbons (Fsp3) is 0.457. The maximum absolute atomic E-state index is 16.2. The van der Waals surface area contributed by atoms with Crippen LogP contribution in [-0.4, -0.2) is 97.0 Å². The Bertz CT molecular complexity index is 1850. The zero-order valence-corrected chi connectivity index (χ0v) is 28.2. The minimum absolute atomic E-state index is 0.0871. The van der Waals surface area contributed by atoms with Crippen LogP contribution in [0.25, 0.3) is 22.3 Å². The molecule has 1 amide bonds. The van der Waals surface area contributed by atoms with Gasteiger partial charge in [-0.15, -0.1) is 0 Å². The van der Waals surface area contributed by atoms with E-state index in [0.29, 0.717) is 55.2 Å². The van der Waals surface area contributed by atoms with Gasteiger partial charge in [0.25, 0.3) is 0 Å². The van der Waals surface area contributed by atoms with Crippen LogP contribution in [0.4, 0.5) is 25.0 Å². The van der Waals surface area contributed by atoms with Gasteiger partial charge in [-0.05, 0) is 66.1 Å². The second-order valence-corrected chi connectivity index (χ2v) is 13.9. The molecule has 0 N–H and O–H groups in total. The first kappa shape index (κ1) is 31.9. The summed E-state index contributed by atoms with van der Waals surface area (Å²) in [4.78, 5) is 31.2. The Morgan fingerprint density at radius 1 is 1.10 bits per heavy atom. The summed E-state index contributed by atoms with van der Waals surface area (Å²) in [6.45, 7) is 9.28. The quantitative estimate of drug-likeness (QED) is 0.347. The van der Waals surface area contributed by atoms with E-state index in [1.165, 1.54) is 25.3 Å². The summed E-state index contributed by atoms with van der Waals surface area (Å²) in [7, 11) is 5.34. The molecule has 3 atom stereocenters. The second-order valence-electron chi connectivity index (χ2n) is 13.9. The smallest absolute Gasteiger partial charge is 0.410 e. The van der Waals surface area contributed by atoms with Gasteiger partial charge in [-0.25, -0.2) is 18.6 Å². The molecule has 7 rings (SSSR count). The van der Waals surface area contributed by atoms with Crippen LogP contribution in [0.5, 0.6) is 11.6 Å². The molecular weight excluding hydrogens is 622 g/mol. The highest BCUT2D eigenvalue weighted by Gasteiger charge is 2.49. The number of anilines is 2. The molecule has 0 saturated carbocycles. The number of carbonyl (C=O) groups excluding carboxylic acids is 1. The highest BCUT2D eigenvalue weighted by molar-refractivity contribution is 6.03. The summed E-state index contributed by atoms with van der Waals surface area (Å²) in [6, 6.07) is 5.03. The number of allylic oxidation sites excluding steroid dienone is 1. The third-order valence-corrected chi connectivity index (χ3v) is 8.94. The molecule has 48 heavy (non-hydrogen) atoms. The number of carbonyl (C=O) groups is 1. The van der Waals surface area contributed by atoms with Crippen molar-refractivity contribution in [2.75, 3.05) is 57.2 Å². The van der Waals surface area contributed by atoms with Crippen molar-refractivity contribution < 1.29 is 32.5 Å². The molecule has 1 fully saturated rings. The molecule has 0 radical (unpaired) electrons. The van der Waals surface area contributed by atoms with Gasteiger partial charge in [-0.1, -0.05) is 6.07 Å². The Hall–Kier alpha value is -4.65. The lowest BCUT2D eigenvalue weighted by Gasteiger charge is -2.54. The minimum atomic E-state index is -0.720. The number of aromatic nitrogens is 2. The minimum Gasteiger partial charge on any atom is -0.496 e. The summed E-state index contributed by atoms with van der Waals surface area (Å²) >= 11 is 0. The molecule has 1 aromatic carbocycles. The molecule has 0 bridgehead atoms. The van der Waals surface area contributed by atoms with E-state index in [-0.39, 0.29) is 40.8 Å². The predicted molar refractivity (Wildman–Crippen MR) is 177 cm³/mol. The van der Waals surface area contributed by atoms with Gasteiger partial charge in [-0.2, -0.15) is 4.98 Å². The lowest BCUT2D eigenvalue weighted by molar-refractivity contribution is 0.0131. The monoisotopic (exact) mass is 662 g/mol. The maximum atomic E-state index is 16.2. The summed E-state index contributed by atoms with van der Waals surface area (Å²) in [5.74, 6) is -0.131. The zero-order valence-electron chi connectivity index (χ0n) is 28.2. The number of fused-ring (bicyclic) bond motifs is 4. The molecule has 0 unspecified atom stereocenters. The van der Waals surface area contributed by atoms with E-state index in [4.69, 9.17) is 23.9 Å². The van der Waals surface area contributed by atoms with Gasteiger partial charge in [0.2, 0.25) is 5.88 Å². The van der Waals surface area contributed by atoms with Gasteiger partial charge in [0, 0.05) is 30.9 Å². The molecule has 0 spiro atoms. The molecule has 4 aliphatic heterocycles. The first-order chi connectivity index (χ1) is 22.8. The van der Waals surface area contributed by atoms with Crippen molar-refractivity contribution in [3.8, 4) is 22.9 Å². The van der Waals surface area contributed by atoms with E-state index in [1.54, 1.807) is 17.2 Å².